The van der Waals surface area contributed by atoms with Crippen LogP contribution in [0.1, 0.15) is 278 Å². The molecule has 0 aromatic heterocycles. The number of unbranched alkanes of at least 4 members (excludes halogenated alkanes) is 31. The molecule has 0 spiro atoms. The molecule has 0 aromatic rings. The molecule has 1 unspecified atom stereocenters. The summed E-state index contributed by atoms with van der Waals surface area (Å²) in [7, 11) is 0. The third-order valence-corrected chi connectivity index (χ3v) is 11.6. The maximum atomic E-state index is 12.7. The highest BCUT2D eigenvalue weighted by atomic mass is 16.6. The van der Waals surface area contributed by atoms with Gasteiger partial charge in [-0.05, 0) is 70.6 Å². The van der Waals surface area contributed by atoms with Gasteiger partial charge in [0.15, 0.2) is 6.10 Å². The van der Waals surface area contributed by atoms with Gasteiger partial charge in [0.25, 0.3) is 0 Å². The topological polar surface area (TPSA) is 78.9 Å². The van der Waals surface area contributed by atoms with E-state index in [9.17, 15) is 14.4 Å². The summed E-state index contributed by atoms with van der Waals surface area (Å²) in [5.41, 5.74) is 0. The average molecular weight is 857 g/mol. The van der Waals surface area contributed by atoms with E-state index in [0.29, 0.717) is 19.3 Å². The van der Waals surface area contributed by atoms with Crippen molar-refractivity contribution in [3.8, 4) is 0 Å². The minimum absolute atomic E-state index is 0.0734. The molecule has 0 bridgehead atoms. The highest BCUT2D eigenvalue weighted by Gasteiger charge is 2.19. The molecule has 0 heterocycles. The molecule has 0 amide bonds. The molecule has 1 atom stereocenters. The number of hydrogen-bond donors (Lipinski definition) is 0. The molecular weight excluding hydrogens is 757 g/mol. The van der Waals surface area contributed by atoms with Crippen molar-refractivity contribution in [3.05, 3.63) is 36.5 Å². The minimum Gasteiger partial charge on any atom is -0.462 e. The van der Waals surface area contributed by atoms with Gasteiger partial charge < -0.3 is 14.2 Å². The van der Waals surface area contributed by atoms with Gasteiger partial charge in [-0.3, -0.25) is 14.4 Å². The molecule has 0 N–H and O–H groups in total. The van der Waals surface area contributed by atoms with Crippen LogP contribution in [0.3, 0.4) is 0 Å². The Bertz CT molecular complexity index is 1030. The maximum Gasteiger partial charge on any atom is 0.306 e. The number of allylic oxidation sites excluding steroid dienone is 6. The number of carbonyl (C=O) groups excluding carboxylic acids is 3. The summed E-state index contributed by atoms with van der Waals surface area (Å²) < 4.78 is 16.7. The Morgan fingerprint density at radius 3 is 0.984 bits per heavy atom. The third kappa shape index (κ3) is 48.5. The van der Waals surface area contributed by atoms with Crippen LogP contribution in [0.4, 0.5) is 0 Å². The van der Waals surface area contributed by atoms with Crippen LogP contribution in [0.15, 0.2) is 36.5 Å². The first-order valence-electron chi connectivity index (χ1n) is 26.5. The fourth-order valence-electron chi connectivity index (χ4n) is 7.59. The monoisotopic (exact) mass is 857 g/mol. The highest BCUT2D eigenvalue weighted by molar-refractivity contribution is 5.71. The van der Waals surface area contributed by atoms with Crippen molar-refractivity contribution in [1.29, 1.82) is 0 Å². The highest BCUT2D eigenvalue weighted by Crippen LogP contribution is 2.16. The van der Waals surface area contributed by atoms with E-state index in [4.69, 9.17) is 14.2 Å². The molecule has 0 rings (SSSR count). The van der Waals surface area contributed by atoms with Gasteiger partial charge in [0.05, 0.1) is 0 Å². The van der Waals surface area contributed by atoms with Crippen molar-refractivity contribution < 1.29 is 28.6 Å². The van der Waals surface area contributed by atoms with Crippen LogP contribution in [0.5, 0.6) is 0 Å². The van der Waals surface area contributed by atoms with Gasteiger partial charge in [-0.2, -0.15) is 0 Å². The zero-order chi connectivity index (χ0) is 44.4. The lowest BCUT2D eigenvalue weighted by Gasteiger charge is -2.18. The van der Waals surface area contributed by atoms with Crippen molar-refractivity contribution in [1.82, 2.24) is 0 Å². The van der Waals surface area contributed by atoms with Gasteiger partial charge >= 0.3 is 17.9 Å². The molecule has 6 nitrogen and oxygen atoms in total. The van der Waals surface area contributed by atoms with Crippen molar-refractivity contribution in [2.75, 3.05) is 13.2 Å². The van der Waals surface area contributed by atoms with Gasteiger partial charge in [0, 0.05) is 19.3 Å². The molecule has 0 aromatic carbocycles. The second-order valence-corrected chi connectivity index (χ2v) is 17.8. The lowest BCUT2D eigenvalue weighted by molar-refractivity contribution is -0.167. The van der Waals surface area contributed by atoms with Crippen LogP contribution >= 0.6 is 0 Å². The van der Waals surface area contributed by atoms with E-state index in [0.717, 1.165) is 83.5 Å². The van der Waals surface area contributed by atoms with Crippen molar-refractivity contribution in [3.63, 3.8) is 0 Å². The molecule has 0 aliphatic carbocycles. The van der Waals surface area contributed by atoms with Crippen LogP contribution in [0.25, 0.3) is 0 Å². The number of hydrogen-bond acceptors (Lipinski definition) is 6. The van der Waals surface area contributed by atoms with Crippen molar-refractivity contribution in [2.24, 2.45) is 0 Å². The molecule has 6 heteroatoms. The summed E-state index contributed by atoms with van der Waals surface area (Å²) >= 11 is 0. The smallest absolute Gasteiger partial charge is 0.306 e. The lowest BCUT2D eigenvalue weighted by atomic mass is 10.0. The standard InChI is InChI=1S/C55H100O6/c1-4-7-10-13-16-19-21-22-23-24-25-26-27-28-29-30-31-32-33-34-35-37-39-42-45-48-54(57)60-51-52(50-59-53(56)47-44-41-38-18-15-12-9-6-3)61-55(58)49-46-43-40-36-20-17-14-11-8-5-2/h11,14,21-22,24-25,52H,4-10,12-13,15-20,23,26-51H2,1-3H3/b14-11-,22-21-,25-24-. The summed E-state index contributed by atoms with van der Waals surface area (Å²) in [6, 6.07) is 0. The van der Waals surface area contributed by atoms with Crippen molar-refractivity contribution >= 4 is 17.9 Å². The molecule has 0 saturated carbocycles. The van der Waals surface area contributed by atoms with Crippen LogP contribution in [0, 0.1) is 0 Å². The molecule has 61 heavy (non-hydrogen) atoms. The van der Waals surface area contributed by atoms with Gasteiger partial charge in [-0.25, -0.2) is 0 Å². The van der Waals surface area contributed by atoms with E-state index in [-0.39, 0.29) is 31.1 Å². The Morgan fingerprint density at radius 1 is 0.328 bits per heavy atom. The summed E-state index contributed by atoms with van der Waals surface area (Å²) in [4.78, 5) is 37.7. The van der Waals surface area contributed by atoms with Crippen LogP contribution < -0.4 is 0 Å². The molecule has 0 aliphatic rings. The quantitative estimate of drug-likeness (QED) is 0.0262. The van der Waals surface area contributed by atoms with E-state index in [2.05, 4.69) is 57.2 Å². The number of ether oxygens (including phenoxy) is 3. The zero-order valence-electron chi connectivity index (χ0n) is 40.7. The van der Waals surface area contributed by atoms with Gasteiger partial charge in [0.2, 0.25) is 0 Å². The summed E-state index contributed by atoms with van der Waals surface area (Å²) in [5.74, 6) is -0.882. The Kier molecular flexibility index (Phi) is 48.3. The molecule has 0 radical (unpaired) electrons. The Morgan fingerprint density at radius 2 is 0.623 bits per heavy atom. The van der Waals surface area contributed by atoms with E-state index in [1.165, 1.54) is 154 Å². The number of esters is 3. The van der Waals surface area contributed by atoms with Gasteiger partial charge in [0.1, 0.15) is 13.2 Å². The lowest BCUT2D eigenvalue weighted by Crippen LogP contribution is -2.30. The van der Waals surface area contributed by atoms with Gasteiger partial charge in [-0.15, -0.1) is 0 Å². The summed E-state index contributed by atoms with van der Waals surface area (Å²) in [6.07, 6.45) is 58.7. The van der Waals surface area contributed by atoms with Crippen LogP contribution in [-0.4, -0.2) is 37.2 Å². The van der Waals surface area contributed by atoms with E-state index >= 15 is 0 Å². The van der Waals surface area contributed by atoms with Gasteiger partial charge in [-0.1, -0.05) is 224 Å². The van der Waals surface area contributed by atoms with Crippen LogP contribution in [0.2, 0.25) is 0 Å². The minimum atomic E-state index is -0.770. The summed E-state index contributed by atoms with van der Waals surface area (Å²) in [6.45, 7) is 6.54. The predicted molar refractivity (Wildman–Crippen MR) is 261 cm³/mol. The molecule has 356 valence electrons. The largest absolute Gasteiger partial charge is 0.462 e. The molecule has 0 saturated heterocycles. The first-order chi connectivity index (χ1) is 30.0. The fraction of sp³-hybridized carbons (Fsp3) is 0.836. The fourth-order valence-corrected chi connectivity index (χ4v) is 7.59. The van der Waals surface area contributed by atoms with Crippen LogP contribution in [-0.2, 0) is 28.6 Å². The first kappa shape index (κ1) is 58.6. The molecular formula is C55H100O6. The second-order valence-electron chi connectivity index (χ2n) is 17.8. The second kappa shape index (κ2) is 50.3. The maximum absolute atomic E-state index is 12.7. The Labute approximate surface area is 378 Å². The Balaban J connectivity index is 4.09. The SMILES string of the molecule is CCC/C=C\CCCCCCCC(=O)OC(COC(=O)CCCCCCCCCC)COC(=O)CCCCCCCCCCCCCCC/C=C\C/C=C\CCCCCCC. The number of carbonyl (C=O) groups is 3. The van der Waals surface area contributed by atoms with E-state index in [1.807, 2.05) is 0 Å². The predicted octanol–water partition coefficient (Wildman–Crippen LogP) is 17.3. The average Bonchev–Trinajstić information content (AvgIpc) is 3.26. The van der Waals surface area contributed by atoms with E-state index < -0.39 is 6.10 Å². The Hall–Kier alpha value is -2.37. The van der Waals surface area contributed by atoms with Crippen molar-refractivity contribution in [2.45, 2.75) is 284 Å². The normalized spacial score (nSPS) is 12.2. The van der Waals surface area contributed by atoms with E-state index in [1.54, 1.807) is 0 Å². The molecule has 0 fully saturated rings. The zero-order valence-corrected chi connectivity index (χ0v) is 40.7. The number of rotatable bonds is 48. The summed E-state index contributed by atoms with van der Waals surface area (Å²) in [5, 5.41) is 0. The first-order valence-corrected chi connectivity index (χ1v) is 26.5. The molecule has 0 aliphatic heterocycles. The third-order valence-electron chi connectivity index (χ3n) is 11.6.